The van der Waals surface area contributed by atoms with Crippen LogP contribution < -0.4 is 14.8 Å². The molecule has 2 aromatic carbocycles. The number of ketones is 1. The van der Waals surface area contributed by atoms with Crippen molar-refractivity contribution in [1.29, 1.82) is 0 Å². The summed E-state index contributed by atoms with van der Waals surface area (Å²) >= 11 is 0. The third-order valence-corrected chi connectivity index (χ3v) is 3.86. The Morgan fingerprint density at radius 2 is 1.85 bits per heavy atom. The fourth-order valence-electron chi connectivity index (χ4n) is 2.39. The zero-order valence-electron chi connectivity index (χ0n) is 15.3. The summed E-state index contributed by atoms with van der Waals surface area (Å²) in [6, 6.07) is 9.26. The topological polar surface area (TPSA) is 108 Å². The maximum atomic E-state index is 12.1. The highest BCUT2D eigenvalue weighted by Crippen LogP contribution is 2.32. The molecule has 0 heterocycles. The molecule has 0 radical (unpaired) electrons. The molecule has 0 aliphatic heterocycles. The number of rotatable bonds is 8. The maximum absolute atomic E-state index is 12.1. The highest BCUT2D eigenvalue weighted by atomic mass is 16.6. The van der Waals surface area contributed by atoms with E-state index in [9.17, 15) is 19.7 Å². The lowest BCUT2D eigenvalue weighted by molar-refractivity contribution is -0.385. The van der Waals surface area contributed by atoms with Crippen molar-refractivity contribution in [2.45, 2.75) is 20.3 Å². The van der Waals surface area contributed by atoms with Gasteiger partial charge in [-0.05, 0) is 36.8 Å². The fraction of sp³-hybridized carbons (Fsp3) is 0.263. The summed E-state index contributed by atoms with van der Waals surface area (Å²) in [7, 11) is 1.32. The Bertz CT molecular complexity index is 861. The summed E-state index contributed by atoms with van der Waals surface area (Å²) in [4.78, 5) is 34.2. The molecule has 0 saturated heterocycles. The minimum atomic E-state index is -0.548. The average molecular weight is 372 g/mol. The molecular formula is C19H20N2O6. The Labute approximate surface area is 156 Å². The van der Waals surface area contributed by atoms with Crippen molar-refractivity contribution in [1.82, 2.24) is 0 Å². The minimum Gasteiger partial charge on any atom is -0.490 e. The summed E-state index contributed by atoms with van der Waals surface area (Å²) in [5.74, 6) is 0.110. The fourth-order valence-corrected chi connectivity index (χ4v) is 2.39. The first-order valence-electron chi connectivity index (χ1n) is 8.24. The van der Waals surface area contributed by atoms with Crippen molar-refractivity contribution in [3.05, 3.63) is 57.6 Å². The largest absolute Gasteiger partial charge is 0.490 e. The van der Waals surface area contributed by atoms with Crippen LogP contribution in [-0.2, 0) is 4.79 Å². The van der Waals surface area contributed by atoms with Gasteiger partial charge in [0.05, 0.1) is 12.0 Å². The third kappa shape index (κ3) is 5.04. The van der Waals surface area contributed by atoms with Crippen molar-refractivity contribution >= 4 is 23.1 Å². The standard InChI is InChI=1S/C19H20N2O6/c1-4-17(22)13-5-7-14(8-6-13)27-11-19(23)20-15-10-18(26-3)16(21(24)25)9-12(15)2/h5-10H,4,11H2,1-3H3,(H,20,23). The molecule has 0 spiro atoms. The number of carbonyl (C=O) groups excluding carboxylic acids is 2. The Hall–Kier alpha value is -3.42. The van der Waals surface area contributed by atoms with Crippen molar-refractivity contribution < 1.29 is 24.0 Å². The average Bonchev–Trinajstić information content (AvgIpc) is 2.67. The number of nitrogens with one attached hydrogen (secondary N) is 1. The van der Waals surface area contributed by atoms with Crippen molar-refractivity contribution in [3.63, 3.8) is 0 Å². The Kier molecular flexibility index (Phi) is 6.48. The maximum Gasteiger partial charge on any atom is 0.311 e. The number of anilines is 1. The Balaban J connectivity index is 2.01. The molecule has 0 unspecified atom stereocenters. The highest BCUT2D eigenvalue weighted by molar-refractivity contribution is 5.96. The van der Waals surface area contributed by atoms with Gasteiger partial charge in [-0.15, -0.1) is 0 Å². The highest BCUT2D eigenvalue weighted by Gasteiger charge is 2.18. The summed E-state index contributed by atoms with van der Waals surface area (Å²) in [6.45, 7) is 3.18. The van der Waals surface area contributed by atoms with E-state index in [4.69, 9.17) is 9.47 Å². The molecule has 8 heteroatoms. The Morgan fingerprint density at radius 1 is 1.19 bits per heavy atom. The van der Waals surface area contributed by atoms with Crippen LogP contribution in [0.4, 0.5) is 11.4 Å². The number of amides is 1. The summed E-state index contributed by atoms with van der Waals surface area (Å²) in [5, 5.41) is 13.6. The van der Waals surface area contributed by atoms with Gasteiger partial charge in [-0.2, -0.15) is 0 Å². The van der Waals surface area contributed by atoms with Gasteiger partial charge in [-0.1, -0.05) is 6.92 Å². The molecular weight excluding hydrogens is 352 g/mol. The second-order valence-corrected chi connectivity index (χ2v) is 5.73. The first kappa shape index (κ1) is 19.9. The Morgan fingerprint density at radius 3 is 2.41 bits per heavy atom. The molecule has 8 nitrogen and oxygen atoms in total. The lowest BCUT2D eigenvalue weighted by Crippen LogP contribution is -2.20. The van der Waals surface area contributed by atoms with Gasteiger partial charge in [0, 0.05) is 29.8 Å². The molecule has 0 atom stereocenters. The van der Waals surface area contributed by atoms with Gasteiger partial charge < -0.3 is 14.8 Å². The van der Waals surface area contributed by atoms with Crippen LogP contribution in [0.1, 0.15) is 29.3 Å². The number of aryl methyl sites for hydroxylation is 1. The number of hydrogen-bond acceptors (Lipinski definition) is 6. The third-order valence-electron chi connectivity index (χ3n) is 3.86. The molecule has 0 bridgehead atoms. The van der Waals surface area contributed by atoms with Crippen LogP contribution in [0.15, 0.2) is 36.4 Å². The van der Waals surface area contributed by atoms with E-state index in [0.717, 1.165) is 0 Å². The van der Waals surface area contributed by atoms with E-state index in [1.54, 1.807) is 38.1 Å². The molecule has 0 aliphatic carbocycles. The lowest BCUT2D eigenvalue weighted by Gasteiger charge is -2.11. The molecule has 142 valence electrons. The molecule has 1 N–H and O–H groups in total. The normalized spacial score (nSPS) is 10.2. The van der Waals surface area contributed by atoms with Crippen LogP contribution >= 0.6 is 0 Å². The summed E-state index contributed by atoms with van der Waals surface area (Å²) in [6.07, 6.45) is 0.417. The van der Waals surface area contributed by atoms with Gasteiger partial charge in [0.1, 0.15) is 5.75 Å². The summed E-state index contributed by atoms with van der Waals surface area (Å²) in [5.41, 5.74) is 1.34. The van der Waals surface area contributed by atoms with Crippen LogP contribution in [-0.4, -0.2) is 30.3 Å². The van der Waals surface area contributed by atoms with Gasteiger partial charge in [0.15, 0.2) is 18.1 Å². The van der Waals surface area contributed by atoms with Crippen LogP contribution in [0, 0.1) is 17.0 Å². The SMILES string of the molecule is CCC(=O)c1ccc(OCC(=O)Nc2cc(OC)c([N+](=O)[O-])cc2C)cc1. The number of nitro benzene ring substituents is 1. The molecule has 27 heavy (non-hydrogen) atoms. The van der Waals surface area contributed by atoms with Crippen LogP contribution in [0.3, 0.4) is 0 Å². The van der Waals surface area contributed by atoms with Crippen LogP contribution in [0.25, 0.3) is 0 Å². The molecule has 0 aromatic heterocycles. The first-order chi connectivity index (χ1) is 12.8. The van der Waals surface area contributed by atoms with E-state index in [2.05, 4.69) is 5.32 Å². The van der Waals surface area contributed by atoms with Crippen LogP contribution in [0.5, 0.6) is 11.5 Å². The molecule has 0 saturated carbocycles. The van der Waals surface area contributed by atoms with Crippen molar-refractivity contribution in [3.8, 4) is 11.5 Å². The van der Waals surface area contributed by atoms with E-state index in [-0.39, 0.29) is 23.8 Å². The van der Waals surface area contributed by atoms with Crippen molar-refractivity contribution in [2.24, 2.45) is 0 Å². The van der Waals surface area contributed by atoms with E-state index in [1.165, 1.54) is 19.2 Å². The van der Waals surface area contributed by atoms with E-state index >= 15 is 0 Å². The van der Waals surface area contributed by atoms with E-state index < -0.39 is 10.8 Å². The van der Waals surface area contributed by atoms with Gasteiger partial charge in [-0.25, -0.2) is 0 Å². The second-order valence-electron chi connectivity index (χ2n) is 5.73. The smallest absolute Gasteiger partial charge is 0.311 e. The number of nitro groups is 1. The number of methoxy groups -OCH3 is 1. The van der Waals surface area contributed by atoms with Crippen LogP contribution in [0.2, 0.25) is 0 Å². The minimum absolute atomic E-state index is 0.0295. The number of ether oxygens (including phenoxy) is 2. The van der Waals surface area contributed by atoms with E-state index in [1.807, 2.05) is 0 Å². The van der Waals surface area contributed by atoms with Gasteiger partial charge in [0.2, 0.25) is 0 Å². The molecule has 2 rings (SSSR count). The number of benzene rings is 2. The quantitative estimate of drug-likeness (QED) is 0.431. The second kappa shape index (κ2) is 8.79. The van der Waals surface area contributed by atoms with E-state index in [0.29, 0.717) is 29.0 Å². The molecule has 0 aliphatic rings. The molecule has 2 aromatic rings. The first-order valence-corrected chi connectivity index (χ1v) is 8.24. The monoisotopic (exact) mass is 372 g/mol. The lowest BCUT2D eigenvalue weighted by atomic mass is 10.1. The number of nitrogens with zero attached hydrogens (tertiary/aromatic N) is 1. The predicted molar refractivity (Wildman–Crippen MR) is 99.6 cm³/mol. The molecule has 1 amide bonds. The number of hydrogen-bond donors (Lipinski definition) is 1. The summed E-state index contributed by atoms with van der Waals surface area (Å²) < 4.78 is 10.4. The van der Waals surface area contributed by atoms with Gasteiger partial charge in [0.25, 0.3) is 5.91 Å². The van der Waals surface area contributed by atoms with Gasteiger partial charge >= 0.3 is 5.69 Å². The zero-order chi connectivity index (χ0) is 20.0. The number of carbonyl (C=O) groups is 2. The zero-order valence-corrected chi connectivity index (χ0v) is 15.3. The molecule has 0 fully saturated rings. The predicted octanol–water partition coefficient (Wildman–Crippen LogP) is 3.52. The van der Waals surface area contributed by atoms with Gasteiger partial charge in [-0.3, -0.25) is 19.7 Å². The van der Waals surface area contributed by atoms with Crippen molar-refractivity contribution in [2.75, 3.05) is 19.0 Å². The number of Topliss-reactive ketones (excluding diaryl/α,β-unsaturated/α-hetero) is 1.